The van der Waals surface area contributed by atoms with Crippen LogP contribution in [0.3, 0.4) is 0 Å². The SMILES string of the molecule is CC(C)CC(=O)OCC(CCC(O)c1ccc2c(N)ncnn12)NC(C)(C)O. The molecule has 2 aromatic heterocycles. The van der Waals surface area contributed by atoms with Crippen LogP contribution in [0, 0.1) is 5.92 Å². The topological polar surface area (TPSA) is 135 Å². The van der Waals surface area contributed by atoms with E-state index in [1.807, 2.05) is 13.8 Å². The highest BCUT2D eigenvalue weighted by molar-refractivity contribution is 5.69. The number of nitrogens with one attached hydrogen (secondary N) is 1. The summed E-state index contributed by atoms with van der Waals surface area (Å²) in [6.07, 6.45) is 1.74. The van der Waals surface area contributed by atoms with Gasteiger partial charge in [0.25, 0.3) is 0 Å². The van der Waals surface area contributed by atoms with Crippen molar-refractivity contribution in [3.63, 3.8) is 0 Å². The van der Waals surface area contributed by atoms with Crippen molar-refractivity contribution in [1.29, 1.82) is 0 Å². The van der Waals surface area contributed by atoms with Gasteiger partial charge in [0.15, 0.2) is 5.82 Å². The van der Waals surface area contributed by atoms with E-state index < -0.39 is 11.8 Å². The Morgan fingerprint density at radius 3 is 2.71 bits per heavy atom. The minimum absolute atomic E-state index is 0.117. The van der Waals surface area contributed by atoms with Crippen LogP contribution in [0.25, 0.3) is 5.52 Å². The Morgan fingerprint density at radius 2 is 2.07 bits per heavy atom. The molecule has 9 nitrogen and oxygen atoms in total. The average molecular weight is 393 g/mol. The second-order valence-electron chi connectivity index (χ2n) is 7.97. The molecule has 0 aliphatic heterocycles. The summed E-state index contributed by atoms with van der Waals surface area (Å²) in [5.41, 5.74) is 5.92. The first-order valence-corrected chi connectivity index (χ1v) is 9.48. The number of aromatic nitrogens is 3. The van der Waals surface area contributed by atoms with Gasteiger partial charge in [-0.3, -0.25) is 10.1 Å². The summed E-state index contributed by atoms with van der Waals surface area (Å²) in [6.45, 7) is 7.25. The lowest BCUT2D eigenvalue weighted by Gasteiger charge is -2.28. The number of nitrogen functional groups attached to an aromatic ring is 1. The number of aliphatic hydroxyl groups is 2. The second-order valence-corrected chi connectivity index (χ2v) is 7.97. The van der Waals surface area contributed by atoms with Crippen LogP contribution in [0.4, 0.5) is 5.82 Å². The van der Waals surface area contributed by atoms with Gasteiger partial charge >= 0.3 is 5.97 Å². The summed E-state index contributed by atoms with van der Waals surface area (Å²) < 4.78 is 6.90. The highest BCUT2D eigenvalue weighted by Gasteiger charge is 2.23. The fraction of sp³-hybridized carbons (Fsp3) is 0.632. The molecule has 28 heavy (non-hydrogen) atoms. The van der Waals surface area contributed by atoms with Gasteiger partial charge in [0.2, 0.25) is 0 Å². The second kappa shape index (κ2) is 9.31. The Morgan fingerprint density at radius 1 is 1.36 bits per heavy atom. The number of carbonyl (C=O) groups is 1. The number of anilines is 1. The van der Waals surface area contributed by atoms with Gasteiger partial charge in [-0.05, 0) is 44.7 Å². The lowest BCUT2D eigenvalue weighted by molar-refractivity contribution is -0.146. The molecular weight excluding hydrogens is 362 g/mol. The number of aliphatic hydroxyl groups excluding tert-OH is 1. The molecule has 0 bridgehead atoms. The normalized spacial score (nSPS) is 14.4. The Bertz CT molecular complexity index is 784. The zero-order chi connectivity index (χ0) is 20.9. The molecule has 0 aromatic carbocycles. The molecular formula is C19H31N5O4. The van der Waals surface area contributed by atoms with Gasteiger partial charge < -0.3 is 20.7 Å². The molecule has 0 saturated heterocycles. The zero-order valence-electron chi connectivity index (χ0n) is 16.9. The number of hydrogen-bond donors (Lipinski definition) is 4. The van der Waals surface area contributed by atoms with Gasteiger partial charge in [-0.25, -0.2) is 9.50 Å². The highest BCUT2D eigenvalue weighted by atomic mass is 16.5. The summed E-state index contributed by atoms with van der Waals surface area (Å²) in [6, 6.07) is 3.21. The van der Waals surface area contributed by atoms with Crippen LogP contribution in [-0.4, -0.2) is 49.2 Å². The lowest BCUT2D eigenvalue weighted by atomic mass is 10.1. The largest absolute Gasteiger partial charge is 0.464 e. The number of fused-ring (bicyclic) bond motifs is 1. The molecule has 0 saturated carbocycles. The Labute approximate surface area is 164 Å². The van der Waals surface area contributed by atoms with E-state index in [2.05, 4.69) is 15.4 Å². The van der Waals surface area contributed by atoms with Crippen LogP contribution in [0.1, 0.15) is 58.8 Å². The summed E-state index contributed by atoms with van der Waals surface area (Å²) in [4.78, 5) is 15.8. The first-order chi connectivity index (χ1) is 13.1. The van der Waals surface area contributed by atoms with Gasteiger partial charge in [0.1, 0.15) is 24.2 Å². The summed E-state index contributed by atoms with van der Waals surface area (Å²) in [7, 11) is 0. The van der Waals surface area contributed by atoms with Crippen LogP contribution in [-0.2, 0) is 9.53 Å². The maximum atomic E-state index is 11.8. The lowest BCUT2D eigenvalue weighted by Crippen LogP contribution is -2.48. The minimum atomic E-state index is -1.14. The Balaban J connectivity index is 2.00. The summed E-state index contributed by atoms with van der Waals surface area (Å²) in [5.74, 6) is 0.280. The molecule has 2 atom stereocenters. The minimum Gasteiger partial charge on any atom is -0.464 e. The molecule has 0 fully saturated rings. The van der Waals surface area contributed by atoms with Crippen molar-refractivity contribution in [3.8, 4) is 0 Å². The fourth-order valence-electron chi connectivity index (χ4n) is 3.01. The third kappa shape index (κ3) is 6.43. The third-order valence-electron chi connectivity index (χ3n) is 4.22. The van der Waals surface area contributed by atoms with E-state index in [0.29, 0.717) is 36.3 Å². The molecule has 0 aliphatic rings. The molecule has 9 heteroatoms. The predicted molar refractivity (Wildman–Crippen MR) is 105 cm³/mol. The molecule has 2 heterocycles. The molecule has 2 aromatic rings. The predicted octanol–water partition coefficient (Wildman–Crippen LogP) is 1.40. The van der Waals surface area contributed by atoms with Crippen LogP contribution in [0.2, 0.25) is 0 Å². The highest BCUT2D eigenvalue weighted by Crippen LogP contribution is 2.23. The molecule has 0 spiro atoms. The molecule has 0 amide bonds. The number of esters is 1. The van der Waals surface area contributed by atoms with Crippen molar-refractivity contribution < 1.29 is 19.7 Å². The molecule has 5 N–H and O–H groups in total. The van der Waals surface area contributed by atoms with Crippen molar-refractivity contribution in [2.75, 3.05) is 12.3 Å². The van der Waals surface area contributed by atoms with E-state index in [1.165, 1.54) is 6.33 Å². The first kappa shape index (κ1) is 22.1. The van der Waals surface area contributed by atoms with Gasteiger partial charge in [0, 0.05) is 12.5 Å². The van der Waals surface area contributed by atoms with Gasteiger partial charge in [0.05, 0.1) is 11.8 Å². The summed E-state index contributed by atoms with van der Waals surface area (Å²) >= 11 is 0. The van der Waals surface area contributed by atoms with Crippen molar-refractivity contribution in [2.24, 2.45) is 5.92 Å². The van der Waals surface area contributed by atoms with Gasteiger partial charge in [-0.15, -0.1) is 0 Å². The first-order valence-electron chi connectivity index (χ1n) is 9.48. The van der Waals surface area contributed by atoms with Gasteiger partial charge in [-0.1, -0.05) is 13.8 Å². The van der Waals surface area contributed by atoms with Crippen LogP contribution in [0.5, 0.6) is 0 Å². The molecule has 0 radical (unpaired) electrons. The van der Waals surface area contributed by atoms with Crippen LogP contribution in [0.15, 0.2) is 18.5 Å². The average Bonchev–Trinajstić information content (AvgIpc) is 3.01. The van der Waals surface area contributed by atoms with E-state index in [-0.39, 0.29) is 24.5 Å². The Kier molecular flexibility index (Phi) is 7.34. The van der Waals surface area contributed by atoms with Crippen LogP contribution >= 0.6 is 0 Å². The number of ether oxygens (including phenoxy) is 1. The van der Waals surface area contributed by atoms with E-state index in [0.717, 1.165) is 0 Å². The van der Waals surface area contributed by atoms with Crippen LogP contribution < -0.4 is 11.1 Å². The maximum Gasteiger partial charge on any atom is 0.306 e. The third-order valence-corrected chi connectivity index (χ3v) is 4.22. The van der Waals surface area contributed by atoms with Crippen molar-refractivity contribution in [3.05, 3.63) is 24.2 Å². The van der Waals surface area contributed by atoms with E-state index in [9.17, 15) is 15.0 Å². The molecule has 0 aliphatic carbocycles. The maximum absolute atomic E-state index is 11.8. The number of carbonyl (C=O) groups excluding carboxylic acids is 1. The zero-order valence-corrected chi connectivity index (χ0v) is 16.9. The Hall–Kier alpha value is -2.23. The van der Waals surface area contributed by atoms with E-state index >= 15 is 0 Å². The molecule has 2 unspecified atom stereocenters. The number of hydrogen-bond acceptors (Lipinski definition) is 8. The van der Waals surface area contributed by atoms with E-state index in [1.54, 1.807) is 30.5 Å². The monoisotopic (exact) mass is 393 g/mol. The van der Waals surface area contributed by atoms with E-state index in [4.69, 9.17) is 10.5 Å². The smallest absolute Gasteiger partial charge is 0.306 e. The number of rotatable bonds is 10. The fourth-order valence-corrected chi connectivity index (χ4v) is 3.01. The van der Waals surface area contributed by atoms with Crippen molar-refractivity contribution >= 4 is 17.3 Å². The van der Waals surface area contributed by atoms with Gasteiger partial charge in [-0.2, -0.15) is 5.10 Å². The number of nitrogens with two attached hydrogens (primary N) is 1. The molecule has 156 valence electrons. The van der Waals surface area contributed by atoms with Crippen molar-refractivity contribution in [1.82, 2.24) is 19.9 Å². The standard InChI is InChI=1S/C19H31N5O4/c1-12(2)9-17(26)28-10-13(23-19(3,4)27)5-8-16(25)14-6-7-15-18(20)21-11-22-24(14)15/h6-7,11-13,16,23,25,27H,5,8-10H2,1-4H3,(H2,20,21,22). The number of nitrogens with zero attached hydrogens (tertiary/aromatic N) is 3. The summed E-state index contributed by atoms with van der Waals surface area (Å²) in [5, 5.41) is 27.9. The van der Waals surface area contributed by atoms with Crippen molar-refractivity contribution in [2.45, 2.75) is 64.8 Å². The quantitative estimate of drug-likeness (QED) is 0.351. The molecule has 2 rings (SSSR count).